The van der Waals surface area contributed by atoms with Crippen LogP contribution in [0.25, 0.3) is 0 Å². The molecule has 0 bridgehead atoms. The lowest BCUT2D eigenvalue weighted by Gasteiger charge is -2.05. The molecule has 1 fully saturated rings. The summed E-state index contributed by atoms with van der Waals surface area (Å²) in [6.07, 6.45) is 1.18. The van der Waals surface area contributed by atoms with Crippen molar-refractivity contribution in [1.82, 2.24) is 0 Å². The predicted molar refractivity (Wildman–Crippen MR) is 61.0 cm³/mol. The van der Waals surface area contributed by atoms with E-state index >= 15 is 0 Å². The van der Waals surface area contributed by atoms with Gasteiger partial charge in [0.2, 0.25) is 0 Å². The molecule has 2 rings (SSSR count). The van der Waals surface area contributed by atoms with E-state index in [-0.39, 0.29) is 6.04 Å². The van der Waals surface area contributed by atoms with Crippen LogP contribution in [0.2, 0.25) is 10.0 Å². The second kappa shape index (κ2) is 3.73. The van der Waals surface area contributed by atoms with Gasteiger partial charge in [-0.05, 0) is 42.9 Å². The highest BCUT2D eigenvalue weighted by molar-refractivity contribution is 6.42. The highest BCUT2D eigenvalue weighted by Crippen LogP contribution is 2.49. The Balaban J connectivity index is 2.16. The summed E-state index contributed by atoms with van der Waals surface area (Å²) in [4.78, 5) is 0. The average Bonchev–Trinajstić information content (AvgIpc) is 2.89. The van der Waals surface area contributed by atoms with Crippen molar-refractivity contribution < 1.29 is 0 Å². The molecule has 1 aliphatic rings. The highest BCUT2D eigenvalue weighted by Gasteiger charge is 2.40. The van der Waals surface area contributed by atoms with E-state index in [1.807, 2.05) is 18.2 Å². The van der Waals surface area contributed by atoms with Gasteiger partial charge in [0, 0.05) is 6.04 Å². The maximum absolute atomic E-state index is 5.95. The van der Waals surface area contributed by atoms with Gasteiger partial charge in [-0.3, -0.25) is 0 Å². The summed E-state index contributed by atoms with van der Waals surface area (Å²) < 4.78 is 0. The van der Waals surface area contributed by atoms with E-state index < -0.39 is 0 Å². The topological polar surface area (TPSA) is 26.0 Å². The standard InChI is InChI=1S/C11H13Cl2N/c1-6(14)8-5-9(8)7-2-3-10(12)11(13)4-7/h2-4,6,8-9H,5,14H2,1H3. The van der Waals surface area contributed by atoms with Crippen molar-refractivity contribution in [2.24, 2.45) is 11.7 Å². The molecule has 1 nitrogen and oxygen atoms in total. The first-order valence-corrected chi connectivity index (χ1v) is 5.55. The molecule has 14 heavy (non-hydrogen) atoms. The third-order valence-corrected chi connectivity index (χ3v) is 3.63. The van der Waals surface area contributed by atoms with E-state index in [2.05, 4.69) is 6.92 Å². The summed E-state index contributed by atoms with van der Waals surface area (Å²) >= 11 is 11.8. The van der Waals surface area contributed by atoms with Gasteiger partial charge in [-0.15, -0.1) is 0 Å². The van der Waals surface area contributed by atoms with Gasteiger partial charge in [0.1, 0.15) is 0 Å². The summed E-state index contributed by atoms with van der Waals surface area (Å²) in [6, 6.07) is 6.13. The smallest absolute Gasteiger partial charge is 0.0595 e. The lowest BCUT2D eigenvalue weighted by molar-refractivity contribution is 0.631. The summed E-state index contributed by atoms with van der Waals surface area (Å²) in [5.41, 5.74) is 7.10. The number of halogens is 2. The third-order valence-electron chi connectivity index (χ3n) is 2.89. The van der Waals surface area contributed by atoms with Crippen LogP contribution in [-0.2, 0) is 0 Å². The van der Waals surface area contributed by atoms with Crippen LogP contribution in [0.4, 0.5) is 0 Å². The minimum atomic E-state index is 0.273. The minimum absolute atomic E-state index is 0.273. The normalized spacial score (nSPS) is 27.4. The van der Waals surface area contributed by atoms with Crippen LogP contribution >= 0.6 is 23.2 Å². The molecular formula is C11H13Cl2N. The molecule has 3 unspecified atom stereocenters. The summed E-state index contributed by atoms with van der Waals surface area (Å²) in [6.45, 7) is 2.06. The van der Waals surface area contributed by atoms with Crippen molar-refractivity contribution in [3.05, 3.63) is 33.8 Å². The fourth-order valence-corrected chi connectivity index (χ4v) is 2.23. The molecular weight excluding hydrogens is 217 g/mol. The number of hydrogen-bond acceptors (Lipinski definition) is 1. The van der Waals surface area contributed by atoms with Crippen LogP contribution in [0.5, 0.6) is 0 Å². The zero-order chi connectivity index (χ0) is 10.3. The van der Waals surface area contributed by atoms with Crippen molar-refractivity contribution in [3.63, 3.8) is 0 Å². The molecule has 0 saturated heterocycles. The number of hydrogen-bond donors (Lipinski definition) is 1. The average molecular weight is 230 g/mol. The second-order valence-electron chi connectivity index (χ2n) is 4.04. The molecule has 0 spiro atoms. The molecule has 0 amide bonds. The van der Waals surface area contributed by atoms with Gasteiger partial charge in [-0.2, -0.15) is 0 Å². The van der Waals surface area contributed by atoms with Crippen LogP contribution < -0.4 is 5.73 Å². The van der Waals surface area contributed by atoms with E-state index in [0.29, 0.717) is 21.9 Å². The summed E-state index contributed by atoms with van der Waals surface area (Å²) in [5, 5.41) is 1.26. The van der Waals surface area contributed by atoms with Gasteiger partial charge >= 0.3 is 0 Å². The van der Waals surface area contributed by atoms with E-state index in [4.69, 9.17) is 28.9 Å². The molecule has 0 heterocycles. The molecule has 2 N–H and O–H groups in total. The maximum Gasteiger partial charge on any atom is 0.0595 e. The molecule has 76 valence electrons. The molecule has 1 aliphatic carbocycles. The monoisotopic (exact) mass is 229 g/mol. The van der Waals surface area contributed by atoms with Gasteiger partial charge in [-0.25, -0.2) is 0 Å². The van der Waals surface area contributed by atoms with Crippen LogP contribution in [0.1, 0.15) is 24.8 Å². The van der Waals surface area contributed by atoms with Gasteiger partial charge in [-0.1, -0.05) is 29.3 Å². The zero-order valence-electron chi connectivity index (χ0n) is 8.00. The molecule has 0 aliphatic heterocycles. The van der Waals surface area contributed by atoms with E-state index in [1.54, 1.807) is 0 Å². The molecule has 0 radical (unpaired) electrons. The Bertz CT molecular complexity index is 349. The van der Waals surface area contributed by atoms with Gasteiger partial charge < -0.3 is 5.73 Å². The Kier molecular flexibility index (Phi) is 2.74. The highest BCUT2D eigenvalue weighted by atomic mass is 35.5. The van der Waals surface area contributed by atoms with Crippen molar-refractivity contribution in [2.45, 2.75) is 25.3 Å². The Morgan fingerprint density at radius 3 is 2.57 bits per heavy atom. The summed E-state index contributed by atoms with van der Waals surface area (Å²) in [5.74, 6) is 1.21. The van der Waals surface area contributed by atoms with Gasteiger partial charge in [0.05, 0.1) is 10.0 Å². The first kappa shape index (κ1) is 10.3. The van der Waals surface area contributed by atoms with Crippen LogP contribution in [0.15, 0.2) is 18.2 Å². The van der Waals surface area contributed by atoms with Gasteiger partial charge in [0.25, 0.3) is 0 Å². The minimum Gasteiger partial charge on any atom is -0.328 e. The number of benzene rings is 1. The molecule has 1 saturated carbocycles. The second-order valence-corrected chi connectivity index (χ2v) is 4.85. The quantitative estimate of drug-likeness (QED) is 0.827. The van der Waals surface area contributed by atoms with Crippen LogP contribution in [0, 0.1) is 5.92 Å². The Hall–Kier alpha value is -0.240. The Morgan fingerprint density at radius 1 is 1.36 bits per heavy atom. The van der Waals surface area contributed by atoms with Crippen LogP contribution in [0.3, 0.4) is 0 Å². The van der Waals surface area contributed by atoms with Crippen molar-refractivity contribution in [3.8, 4) is 0 Å². The van der Waals surface area contributed by atoms with Crippen LogP contribution in [-0.4, -0.2) is 6.04 Å². The van der Waals surface area contributed by atoms with Crippen molar-refractivity contribution in [1.29, 1.82) is 0 Å². The van der Waals surface area contributed by atoms with E-state index in [0.717, 1.165) is 0 Å². The fourth-order valence-electron chi connectivity index (χ4n) is 1.92. The van der Waals surface area contributed by atoms with Gasteiger partial charge in [0.15, 0.2) is 0 Å². The number of nitrogens with two attached hydrogens (primary N) is 1. The maximum atomic E-state index is 5.95. The SMILES string of the molecule is CC(N)C1CC1c1ccc(Cl)c(Cl)c1. The van der Waals surface area contributed by atoms with Crippen molar-refractivity contribution >= 4 is 23.2 Å². The molecule has 1 aromatic carbocycles. The predicted octanol–water partition coefficient (Wildman–Crippen LogP) is 3.44. The first-order valence-electron chi connectivity index (χ1n) is 4.80. The number of rotatable bonds is 2. The first-order chi connectivity index (χ1) is 6.59. The summed E-state index contributed by atoms with van der Waals surface area (Å²) in [7, 11) is 0. The Morgan fingerprint density at radius 2 is 2.07 bits per heavy atom. The molecule has 3 heteroatoms. The fraction of sp³-hybridized carbons (Fsp3) is 0.455. The third kappa shape index (κ3) is 1.90. The van der Waals surface area contributed by atoms with E-state index in [9.17, 15) is 0 Å². The molecule has 0 aromatic heterocycles. The zero-order valence-corrected chi connectivity index (χ0v) is 9.52. The lowest BCUT2D eigenvalue weighted by atomic mass is 10.1. The lowest BCUT2D eigenvalue weighted by Crippen LogP contribution is -2.17. The Labute approximate surface area is 94.2 Å². The van der Waals surface area contributed by atoms with E-state index in [1.165, 1.54) is 12.0 Å². The largest absolute Gasteiger partial charge is 0.328 e. The van der Waals surface area contributed by atoms with Crippen molar-refractivity contribution in [2.75, 3.05) is 0 Å². The molecule has 3 atom stereocenters. The molecule has 1 aromatic rings.